The van der Waals surface area contributed by atoms with E-state index in [9.17, 15) is 0 Å². The van der Waals surface area contributed by atoms with Gasteiger partial charge in [-0.25, -0.2) is 4.98 Å². The second kappa shape index (κ2) is 4.90. The highest BCUT2D eigenvalue weighted by atomic mass is 15.2. The SMILES string of the molecule is CNc1ncc(C)c(N(CC2CC2)C(C)C)n1. The predicted molar refractivity (Wildman–Crippen MR) is 71.5 cm³/mol. The summed E-state index contributed by atoms with van der Waals surface area (Å²) >= 11 is 0. The van der Waals surface area contributed by atoms with Gasteiger partial charge in [0.25, 0.3) is 0 Å². The fourth-order valence-corrected chi connectivity index (χ4v) is 1.96. The Morgan fingerprint density at radius 1 is 1.47 bits per heavy atom. The van der Waals surface area contributed by atoms with E-state index in [2.05, 4.69) is 41.0 Å². The van der Waals surface area contributed by atoms with Crippen LogP contribution in [-0.4, -0.2) is 29.6 Å². The first-order valence-electron chi connectivity index (χ1n) is 6.40. The van der Waals surface area contributed by atoms with Crippen LogP contribution in [0.2, 0.25) is 0 Å². The van der Waals surface area contributed by atoms with Gasteiger partial charge in [-0.2, -0.15) is 4.98 Å². The fourth-order valence-electron chi connectivity index (χ4n) is 1.96. The molecule has 0 spiro atoms. The largest absolute Gasteiger partial charge is 0.357 e. The summed E-state index contributed by atoms with van der Waals surface area (Å²) in [6, 6.07) is 0.480. The Morgan fingerprint density at radius 3 is 2.71 bits per heavy atom. The van der Waals surface area contributed by atoms with Gasteiger partial charge >= 0.3 is 0 Å². The lowest BCUT2D eigenvalue weighted by molar-refractivity contribution is 0.634. The highest BCUT2D eigenvalue weighted by Crippen LogP contribution is 2.32. The number of nitrogens with one attached hydrogen (secondary N) is 1. The molecular weight excluding hydrogens is 212 g/mol. The van der Waals surface area contributed by atoms with Crippen molar-refractivity contribution in [2.45, 2.75) is 39.7 Å². The maximum atomic E-state index is 4.60. The Morgan fingerprint density at radius 2 is 2.18 bits per heavy atom. The minimum atomic E-state index is 0.480. The average molecular weight is 234 g/mol. The molecule has 1 aliphatic carbocycles. The number of aryl methyl sites for hydroxylation is 1. The van der Waals surface area contributed by atoms with E-state index in [1.54, 1.807) is 0 Å². The van der Waals surface area contributed by atoms with Crippen LogP contribution in [0.15, 0.2) is 6.20 Å². The summed E-state index contributed by atoms with van der Waals surface area (Å²) in [6.45, 7) is 7.65. The average Bonchev–Trinajstić information content (AvgIpc) is 3.10. The number of hydrogen-bond acceptors (Lipinski definition) is 4. The van der Waals surface area contributed by atoms with Gasteiger partial charge in [-0.3, -0.25) is 0 Å². The van der Waals surface area contributed by atoms with E-state index in [-0.39, 0.29) is 0 Å². The van der Waals surface area contributed by atoms with E-state index in [0.29, 0.717) is 12.0 Å². The first-order chi connectivity index (χ1) is 8.11. The van der Waals surface area contributed by atoms with Crippen LogP contribution in [-0.2, 0) is 0 Å². The minimum Gasteiger partial charge on any atom is -0.357 e. The third kappa shape index (κ3) is 2.87. The van der Waals surface area contributed by atoms with E-state index >= 15 is 0 Å². The molecule has 1 N–H and O–H groups in total. The van der Waals surface area contributed by atoms with Gasteiger partial charge in [0, 0.05) is 31.4 Å². The molecule has 1 saturated carbocycles. The maximum Gasteiger partial charge on any atom is 0.224 e. The molecule has 1 fully saturated rings. The molecule has 1 aromatic rings. The molecule has 2 rings (SSSR count). The highest BCUT2D eigenvalue weighted by molar-refractivity contribution is 5.49. The molecule has 0 bridgehead atoms. The van der Waals surface area contributed by atoms with E-state index in [1.807, 2.05) is 13.2 Å². The van der Waals surface area contributed by atoms with Crippen molar-refractivity contribution in [3.05, 3.63) is 11.8 Å². The summed E-state index contributed by atoms with van der Waals surface area (Å²) in [5.41, 5.74) is 1.15. The molecule has 94 valence electrons. The molecule has 1 aliphatic rings. The summed E-state index contributed by atoms with van der Waals surface area (Å²) in [4.78, 5) is 11.2. The van der Waals surface area contributed by atoms with E-state index < -0.39 is 0 Å². The van der Waals surface area contributed by atoms with Crippen LogP contribution in [0.25, 0.3) is 0 Å². The Kier molecular flexibility index (Phi) is 3.50. The van der Waals surface area contributed by atoms with Crippen molar-refractivity contribution >= 4 is 11.8 Å². The van der Waals surface area contributed by atoms with Gasteiger partial charge in [-0.15, -0.1) is 0 Å². The minimum absolute atomic E-state index is 0.480. The summed E-state index contributed by atoms with van der Waals surface area (Å²) in [5, 5.41) is 3.01. The molecule has 0 saturated heterocycles. The molecule has 17 heavy (non-hydrogen) atoms. The smallest absolute Gasteiger partial charge is 0.224 e. The second-order valence-electron chi connectivity index (χ2n) is 5.14. The Bertz CT molecular complexity index is 385. The van der Waals surface area contributed by atoms with Crippen molar-refractivity contribution in [1.82, 2.24) is 9.97 Å². The van der Waals surface area contributed by atoms with Crippen LogP contribution >= 0.6 is 0 Å². The van der Waals surface area contributed by atoms with Crippen molar-refractivity contribution in [2.24, 2.45) is 5.92 Å². The van der Waals surface area contributed by atoms with E-state index in [4.69, 9.17) is 0 Å². The monoisotopic (exact) mass is 234 g/mol. The molecule has 1 aromatic heterocycles. The first kappa shape index (κ1) is 12.1. The normalized spacial score (nSPS) is 15.1. The van der Waals surface area contributed by atoms with Crippen LogP contribution in [0.4, 0.5) is 11.8 Å². The third-order valence-electron chi connectivity index (χ3n) is 3.22. The Labute approximate surface area is 103 Å². The number of aromatic nitrogens is 2. The zero-order valence-corrected chi connectivity index (χ0v) is 11.2. The van der Waals surface area contributed by atoms with Gasteiger partial charge in [-0.1, -0.05) is 0 Å². The zero-order valence-electron chi connectivity index (χ0n) is 11.2. The number of hydrogen-bond donors (Lipinski definition) is 1. The van der Waals surface area contributed by atoms with Crippen LogP contribution in [0.5, 0.6) is 0 Å². The van der Waals surface area contributed by atoms with Gasteiger partial charge in [0.15, 0.2) is 0 Å². The van der Waals surface area contributed by atoms with Gasteiger partial charge in [-0.05, 0) is 39.5 Å². The molecule has 4 heteroatoms. The van der Waals surface area contributed by atoms with Crippen molar-refractivity contribution in [3.8, 4) is 0 Å². The van der Waals surface area contributed by atoms with Crippen molar-refractivity contribution in [1.29, 1.82) is 0 Å². The highest BCUT2D eigenvalue weighted by Gasteiger charge is 2.27. The molecule has 0 atom stereocenters. The molecule has 4 nitrogen and oxygen atoms in total. The van der Waals surface area contributed by atoms with Gasteiger partial charge < -0.3 is 10.2 Å². The lowest BCUT2D eigenvalue weighted by Gasteiger charge is -2.29. The van der Waals surface area contributed by atoms with Crippen molar-refractivity contribution in [3.63, 3.8) is 0 Å². The standard InChI is InChI=1S/C13H22N4/c1-9(2)17(8-11-5-6-11)12-10(3)7-15-13(14-4)16-12/h7,9,11H,5-6,8H2,1-4H3,(H,14,15,16). The fraction of sp³-hybridized carbons (Fsp3) is 0.692. The summed E-state index contributed by atoms with van der Waals surface area (Å²) in [6.07, 6.45) is 4.63. The predicted octanol–water partition coefficient (Wildman–Crippen LogP) is 2.45. The van der Waals surface area contributed by atoms with Crippen LogP contribution < -0.4 is 10.2 Å². The molecule has 0 amide bonds. The van der Waals surface area contributed by atoms with E-state index in [1.165, 1.54) is 12.8 Å². The van der Waals surface area contributed by atoms with Gasteiger partial charge in [0.05, 0.1) is 0 Å². The van der Waals surface area contributed by atoms with Crippen LogP contribution in [0.1, 0.15) is 32.3 Å². The Hall–Kier alpha value is -1.32. The molecule has 0 aromatic carbocycles. The quantitative estimate of drug-likeness (QED) is 0.849. The van der Waals surface area contributed by atoms with Gasteiger partial charge in [0.1, 0.15) is 5.82 Å². The Balaban J connectivity index is 2.26. The number of nitrogens with zero attached hydrogens (tertiary/aromatic N) is 3. The molecule has 0 radical (unpaired) electrons. The van der Waals surface area contributed by atoms with Crippen LogP contribution in [0.3, 0.4) is 0 Å². The first-order valence-corrected chi connectivity index (χ1v) is 6.40. The van der Waals surface area contributed by atoms with Crippen molar-refractivity contribution in [2.75, 3.05) is 23.8 Å². The second-order valence-corrected chi connectivity index (χ2v) is 5.14. The summed E-state index contributed by atoms with van der Waals surface area (Å²) in [5.74, 6) is 2.64. The third-order valence-corrected chi connectivity index (χ3v) is 3.22. The number of rotatable bonds is 5. The topological polar surface area (TPSA) is 41.1 Å². The zero-order chi connectivity index (χ0) is 12.4. The molecule has 0 unspecified atom stereocenters. The van der Waals surface area contributed by atoms with Gasteiger partial charge in [0.2, 0.25) is 5.95 Å². The van der Waals surface area contributed by atoms with Crippen LogP contribution in [0, 0.1) is 12.8 Å². The number of anilines is 2. The maximum absolute atomic E-state index is 4.60. The molecular formula is C13H22N4. The lowest BCUT2D eigenvalue weighted by Crippen LogP contribution is -2.34. The van der Waals surface area contributed by atoms with Crippen molar-refractivity contribution < 1.29 is 0 Å². The summed E-state index contributed by atoms with van der Waals surface area (Å²) in [7, 11) is 1.86. The molecule has 0 aliphatic heterocycles. The lowest BCUT2D eigenvalue weighted by atomic mass is 10.2. The van der Waals surface area contributed by atoms with E-state index in [0.717, 1.165) is 23.8 Å². The summed E-state index contributed by atoms with van der Waals surface area (Å²) < 4.78 is 0. The molecule has 1 heterocycles.